The first kappa shape index (κ1) is 10.9. The lowest BCUT2D eigenvalue weighted by atomic mass is 10.2. The zero-order valence-corrected chi connectivity index (χ0v) is 7.38. The molecule has 0 aromatic rings. The molecule has 0 aromatic heterocycles. The Morgan fingerprint density at radius 2 is 2.00 bits per heavy atom. The van der Waals surface area contributed by atoms with Crippen LogP contribution >= 0.6 is 0 Å². The monoisotopic (exact) mass is 161 g/mol. The molecule has 0 spiro atoms. The fourth-order valence-corrected chi connectivity index (χ4v) is 0.903. The van der Waals surface area contributed by atoms with E-state index in [9.17, 15) is 0 Å². The van der Waals surface area contributed by atoms with E-state index in [1.807, 2.05) is 0 Å². The van der Waals surface area contributed by atoms with Crippen molar-refractivity contribution in [2.45, 2.75) is 38.8 Å². The summed E-state index contributed by atoms with van der Waals surface area (Å²) in [7, 11) is 0. The van der Waals surface area contributed by atoms with E-state index < -0.39 is 0 Å². The lowest BCUT2D eigenvalue weighted by Gasteiger charge is -2.19. The highest BCUT2D eigenvalue weighted by molar-refractivity contribution is 4.68. The topological polar surface area (TPSA) is 52.5 Å². The Hall–Kier alpha value is -0.120. The van der Waals surface area contributed by atoms with E-state index in [-0.39, 0.29) is 19.3 Å². The molecule has 0 fully saturated rings. The highest BCUT2D eigenvalue weighted by atomic mass is 16.3. The van der Waals surface area contributed by atoms with Crippen molar-refractivity contribution < 1.29 is 10.2 Å². The van der Waals surface area contributed by atoms with Crippen molar-refractivity contribution >= 4 is 0 Å². The van der Waals surface area contributed by atoms with Crippen LogP contribution in [-0.4, -0.2) is 35.5 Å². The summed E-state index contributed by atoms with van der Waals surface area (Å²) >= 11 is 0. The molecule has 0 bridgehead atoms. The molecule has 0 radical (unpaired) electrons. The normalized spacial score (nSPS) is 16.4. The minimum absolute atomic E-state index is 0.0509. The summed E-state index contributed by atoms with van der Waals surface area (Å²) in [5, 5.41) is 20.6. The summed E-state index contributed by atoms with van der Waals surface area (Å²) in [5.41, 5.74) is 0. The van der Waals surface area contributed by atoms with Crippen LogP contribution in [0.5, 0.6) is 0 Å². The molecular weight excluding hydrogens is 142 g/mol. The second-order valence-electron chi connectivity index (χ2n) is 2.87. The predicted molar refractivity (Wildman–Crippen MR) is 45.5 cm³/mol. The van der Waals surface area contributed by atoms with Gasteiger partial charge in [0.25, 0.3) is 0 Å². The first-order chi connectivity index (χ1) is 5.24. The second kappa shape index (κ2) is 6.58. The van der Waals surface area contributed by atoms with Gasteiger partial charge in [-0.15, -0.1) is 0 Å². The molecule has 2 unspecified atom stereocenters. The van der Waals surface area contributed by atoms with Crippen LogP contribution in [0, 0.1) is 0 Å². The average molecular weight is 161 g/mol. The highest BCUT2D eigenvalue weighted by Gasteiger charge is 2.08. The predicted octanol–water partition coefficient (Wildman–Crippen LogP) is 0.118. The summed E-state index contributed by atoms with van der Waals surface area (Å²) < 4.78 is 0. The summed E-state index contributed by atoms with van der Waals surface area (Å²) in [6.07, 6.45) is 1.67. The van der Waals surface area contributed by atoms with E-state index >= 15 is 0 Å². The van der Waals surface area contributed by atoms with Gasteiger partial charge in [-0.2, -0.15) is 0 Å². The minimum atomic E-state index is 0.0509. The molecule has 2 atom stereocenters. The Kier molecular flexibility index (Phi) is 6.51. The summed E-state index contributed by atoms with van der Waals surface area (Å²) in [6.45, 7) is 4.39. The first-order valence-corrected chi connectivity index (χ1v) is 4.22. The van der Waals surface area contributed by atoms with Gasteiger partial charge in [0.2, 0.25) is 0 Å². The number of rotatable bonds is 6. The van der Waals surface area contributed by atoms with Crippen molar-refractivity contribution in [2.75, 3.05) is 13.2 Å². The summed E-state index contributed by atoms with van der Waals surface area (Å²) in [6, 6.07) is 0.466. The molecule has 3 heteroatoms. The van der Waals surface area contributed by atoms with E-state index in [2.05, 4.69) is 19.2 Å². The lowest BCUT2D eigenvalue weighted by Crippen LogP contribution is -2.39. The Bertz CT molecular complexity index is 88.2. The van der Waals surface area contributed by atoms with Crippen LogP contribution in [0.4, 0.5) is 0 Å². The SMILES string of the molecule is CCC(C)NC(CO)CCO. The fraction of sp³-hybridized carbons (Fsp3) is 1.00. The molecule has 0 amide bonds. The minimum Gasteiger partial charge on any atom is -0.396 e. The first-order valence-electron chi connectivity index (χ1n) is 4.22. The third kappa shape index (κ3) is 5.18. The van der Waals surface area contributed by atoms with Crippen molar-refractivity contribution in [3.63, 3.8) is 0 Å². The van der Waals surface area contributed by atoms with Gasteiger partial charge in [0, 0.05) is 18.7 Å². The molecule has 0 aromatic carbocycles. The molecule has 0 aliphatic heterocycles. The quantitative estimate of drug-likeness (QED) is 0.518. The van der Waals surface area contributed by atoms with Crippen LogP contribution < -0.4 is 5.32 Å². The Morgan fingerprint density at radius 1 is 1.36 bits per heavy atom. The van der Waals surface area contributed by atoms with Gasteiger partial charge in [-0.25, -0.2) is 0 Å². The van der Waals surface area contributed by atoms with E-state index in [1.54, 1.807) is 0 Å². The Labute approximate surface area is 68.4 Å². The van der Waals surface area contributed by atoms with Crippen molar-refractivity contribution in [1.29, 1.82) is 0 Å². The number of aliphatic hydroxyl groups excluding tert-OH is 2. The Balaban J connectivity index is 3.49. The van der Waals surface area contributed by atoms with Crippen molar-refractivity contribution in [2.24, 2.45) is 0 Å². The van der Waals surface area contributed by atoms with Crippen LogP contribution in [-0.2, 0) is 0 Å². The maximum atomic E-state index is 8.83. The lowest BCUT2D eigenvalue weighted by molar-refractivity contribution is 0.192. The van der Waals surface area contributed by atoms with Gasteiger partial charge in [-0.1, -0.05) is 6.92 Å². The Morgan fingerprint density at radius 3 is 2.36 bits per heavy atom. The summed E-state index contributed by atoms with van der Waals surface area (Å²) in [4.78, 5) is 0. The molecule has 0 aliphatic carbocycles. The van der Waals surface area contributed by atoms with E-state index in [0.29, 0.717) is 12.5 Å². The molecule has 0 saturated heterocycles. The third-order valence-corrected chi connectivity index (χ3v) is 1.83. The zero-order chi connectivity index (χ0) is 8.69. The van der Waals surface area contributed by atoms with Crippen LogP contribution in [0.25, 0.3) is 0 Å². The molecular formula is C8H19NO2. The van der Waals surface area contributed by atoms with Crippen molar-refractivity contribution in [3.8, 4) is 0 Å². The van der Waals surface area contributed by atoms with Gasteiger partial charge < -0.3 is 15.5 Å². The van der Waals surface area contributed by atoms with Gasteiger partial charge >= 0.3 is 0 Å². The van der Waals surface area contributed by atoms with E-state index in [0.717, 1.165) is 6.42 Å². The van der Waals surface area contributed by atoms with Crippen LogP contribution in [0.3, 0.4) is 0 Å². The molecule has 3 nitrogen and oxygen atoms in total. The number of hydrogen-bond acceptors (Lipinski definition) is 3. The largest absolute Gasteiger partial charge is 0.396 e. The number of nitrogens with one attached hydrogen (secondary N) is 1. The molecule has 3 N–H and O–H groups in total. The van der Waals surface area contributed by atoms with Gasteiger partial charge in [-0.3, -0.25) is 0 Å². The van der Waals surface area contributed by atoms with E-state index in [1.165, 1.54) is 0 Å². The maximum absolute atomic E-state index is 8.83. The van der Waals surface area contributed by atoms with Gasteiger partial charge in [-0.05, 0) is 19.8 Å². The molecule has 0 rings (SSSR count). The maximum Gasteiger partial charge on any atom is 0.0585 e. The molecule has 0 saturated carbocycles. The number of aliphatic hydroxyl groups is 2. The third-order valence-electron chi connectivity index (χ3n) is 1.83. The number of hydrogen-bond donors (Lipinski definition) is 3. The van der Waals surface area contributed by atoms with Gasteiger partial charge in [0.05, 0.1) is 6.61 Å². The average Bonchev–Trinajstić information content (AvgIpc) is 2.03. The van der Waals surface area contributed by atoms with Gasteiger partial charge in [0.15, 0.2) is 0 Å². The van der Waals surface area contributed by atoms with Crippen LogP contribution in [0.15, 0.2) is 0 Å². The standard InChI is InChI=1S/C8H19NO2/c1-3-7(2)9-8(6-11)4-5-10/h7-11H,3-6H2,1-2H3. The molecule has 68 valence electrons. The van der Waals surface area contributed by atoms with Crippen LogP contribution in [0.2, 0.25) is 0 Å². The zero-order valence-electron chi connectivity index (χ0n) is 7.38. The van der Waals surface area contributed by atoms with Crippen LogP contribution in [0.1, 0.15) is 26.7 Å². The molecule has 0 heterocycles. The second-order valence-corrected chi connectivity index (χ2v) is 2.87. The van der Waals surface area contributed by atoms with Crippen molar-refractivity contribution in [1.82, 2.24) is 5.32 Å². The van der Waals surface area contributed by atoms with Gasteiger partial charge in [0.1, 0.15) is 0 Å². The highest BCUT2D eigenvalue weighted by Crippen LogP contribution is 1.95. The fourth-order valence-electron chi connectivity index (χ4n) is 0.903. The van der Waals surface area contributed by atoms with Crippen molar-refractivity contribution in [3.05, 3.63) is 0 Å². The molecule has 0 aliphatic rings. The summed E-state index contributed by atoms with van der Waals surface area (Å²) in [5.74, 6) is 0. The molecule has 11 heavy (non-hydrogen) atoms. The van der Waals surface area contributed by atoms with E-state index in [4.69, 9.17) is 10.2 Å². The smallest absolute Gasteiger partial charge is 0.0585 e.